The summed E-state index contributed by atoms with van der Waals surface area (Å²) in [5, 5.41) is 3.10. The number of rotatable bonds is 10. The number of likely N-dealkylation sites (tertiary alicyclic amines) is 1. The largest absolute Gasteiger partial charge is 0.323 e. The van der Waals surface area contributed by atoms with Crippen molar-refractivity contribution in [2.24, 2.45) is 11.8 Å². The molecule has 5 atom stereocenters. The lowest BCUT2D eigenvalue weighted by atomic mass is 9.69. The molecule has 2 heterocycles. The lowest BCUT2D eigenvalue weighted by Crippen LogP contribution is -2.57. The Balaban J connectivity index is 1.82. The van der Waals surface area contributed by atoms with Crippen molar-refractivity contribution in [2.75, 3.05) is 5.32 Å². The smallest absolute Gasteiger partial charge is 0.255 e. The molecule has 0 aromatic heterocycles. The molecule has 3 aromatic rings. The molecule has 0 aliphatic carbocycles. The third-order valence-electron chi connectivity index (χ3n) is 8.96. The Morgan fingerprint density at radius 2 is 1.52 bits per heavy atom. The van der Waals surface area contributed by atoms with Gasteiger partial charge in [-0.3, -0.25) is 14.4 Å². The van der Waals surface area contributed by atoms with E-state index in [2.05, 4.69) is 26.1 Å². The molecular formula is C35H40N2O3. The van der Waals surface area contributed by atoms with Crippen LogP contribution >= 0.6 is 0 Å². The molecule has 1 saturated heterocycles. The number of para-hydroxylation sites is 1. The van der Waals surface area contributed by atoms with Gasteiger partial charge < -0.3 is 10.2 Å². The minimum absolute atomic E-state index is 0.00875. The SMILES string of the molecule is CCCCC(CC)C(=O)N1C(CCC)C(c2ccccc2)C(C(=O)c2ccccc2)C12C(=O)Nc1ccccc12. The zero-order valence-corrected chi connectivity index (χ0v) is 23.8. The highest BCUT2D eigenvalue weighted by Gasteiger charge is 2.70. The van der Waals surface area contributed by atoms with Gasteiger partial charge >= 0.3 is 0 Å². The van der Waals surface area contributed by atoms with Gasteiger partial charge in [0.2, 0.25) is 5.91 Å². The molecule has 5 heteroatoms. The molecule has 1 N–H and O–H groups in total. The Morgan fingerprint density at radius 3 is 2.17 bits per heavy atom. The highest BCUT2D eigenvalue weighted by Crippen LogP contribution is 2.60. The third kappa shape index (κ3) is 4.46. The number of fused-ring (bicyclic) bond motifs is 2. The average Bonchev–Trinajstić information content (AvgIpc) is 3.45. The van der Waals surface area contributed by atoms with Crippen molar-refractivity contribution in [1.29, 1.82) is 0 Å². The standard InChI is InChI=1S/C35H40N2O3/c1-4-7-17-24(6-3)33(39)37-29(16-5-2)30(25-18-10-8-11-19-25)31(32(38)26-20-12-9-13-21-26)35(37)27-22-14-15-23-28(27)36-34(35)40/h8-15,18-24,29-31H,4-7,16-17H2,1-3H3,(H,36,40). The number of nitrogens with zero attached hydrogens (tertiary/aromatic N) is 1. The van der Waals surface area contributed by atoms with Crippen LogP contribution in [0, 0.1) is 11.8 Å². The summed E-state index contributed by atoms with van der Waals surface area (Å²) in [5.74, 6) is -1.70. The predicted octanol–water partition coefficient (Wildman–Crippen LogP) is 7.34. The number of nitrogens with one attached hydrogen (secondary N) is 1. The maximum Gasteiger partial charge on any atom is 0.255 e. The lowest BCUT2D eigenvalue weighted by Gasteiger charge is -2.41. The van der Waals surface area contributed by atoms with Crippen molar-refractivity contribution >= 4 is 23.3 Å². The molecule has 5 nitrogen and oxygen atoms in total. The van der Waals surface area contributed by atoms with E-state index in [1.807, 2.05) is 89.8 Å². The van der Waals surface area contributed by atoms with Crippen LogP contribution in [0.5, 0.6) is 0 Å². The molecule has 0 bridgehead atoms. The molecule has 0 radical (unpaired) electrons. The van der Waals surface area contributed by atoms with E-state index in [0.717, 1.165) is 36.8 Å². The summed E-state index contributed by atoms with van der Waals surface area (Å²) in [7, 11) is 0. The van der Waals surface area contributed by atoms with Crippen molar-refractivity contribution in [3.63, 3.8) is 0 Å². The van der Waals surface area contributed by atoms with E-state index in [9.17, 15) is 14.4 Å². The van der Waals surface area contributed by atoms with E-state index in [1.54, 1.807) is 0 Å². The van der Waals surface area contributed by atoms with Crippen LogP contribution in [0.4, 0.5) is 5.69 Å². The molecule has 2 aliphatic heterocycles. The van der Waals surface area contributed by atoms with Gasteiger partial charge in [-0.1, -0.05) is 119 Å². The minimum atomic E-state index is -1.43. The van der Waals surface area contributed by atoms with Gasteiger partial charge in [-0.05, 0) is 30.9 Å². The van der Waals surface area contributed by atoms with Gasteiger partial charge in [0.15, 0.2) is 11.3 Å². The summed E-state index contributed by atoms with van der Waals surface area (Å²) in [6.07, 6.45) is 4.94. The van der Waals surface area contributed by atoms with Gasteiger partial charge in [0.25, 0.3) is 5.91 Å². The third-order valence-corrected chi connectivity index (χ3v) is 8.96. The molecule has 3 aromatic carbocycles. The van der Waals surface area contributed by atoms with Gasteiger partial charge in [0.05, 0.1) is 5.92 Å². The predicted molar refractivity (Wildman–Crippen MR) is 159 cm³/mol. The molecule has 208 valence electrons. The first-order valence-corrected chi connectivity index (χ1v) is 14.9. The number of hydrogen-bond acceptors (Lipinski definition) is 3. The van der Waals surface area contributed by atoms with Crippen LogP contribution in [0.1, 0.15) is 86.7 Å². The fourth-order valence-electron chi connectivity index (χ4n) is 7.18. The monoisotopic (exact) mass is 536 g/mol. The zero-order valence-electron chi connectivity index (χ0n) is 23.8. The second kappa shape index (κ2) is 11.8. The number of Topliss-reactive ketones (excluding diaryl/α,β-unsaturated/α-hetero) is 1. The van der Waals surface area contributed by atoms with Gasteiger partial charge in [0, 0.05) is 34.7 Å². The Morgan fingerprint density at radius 1 is 0.875 bits per heavy atom. The minimum Gasteiger partial charge on any atom is -0.323 e. The van der Waals surface area contributed by atoms with Crippen LogP contribution in [0.15, 0.2) is 84.9 Å². The quantitative estimate of drug-likeness (QED) is 0.276. The Bertz CT molecular complexity index is 1360. The number of unbranched alkanes of at least 4 members (excludes halogenated alkanes) is 1. The van der Waals surface area contributed by atoms with E-state index in [1.165, 1.54) is 0 Å². The first-order valence-electron chi connectivity index (χ1n) is 14.9. The molecule has 40 heavy (non-hydrogen) atoms. The zero-order chi connectivity index (χ0) is 28.3. The molecule has 5 rings (SSSR count). The second-order valence-electron chi connectivity index (χ2n) is 11.2. The molecule has 2 aliphatic rings. The fourth-order valence-corrected chi connectivity index (χ4v) is 7.18. The summed E-state index contributed by atoms with van der Waals surface area (Å²) in [6.45, 7) is 6.30. The number of carbonyl (C=O) groups excluding carboxylic acids is 3. The number of ketones is 1. The van der Waals surface area contributed by atoms with E-state index in [-0.39, 0.29) is 35.5 Å². The molecule has 2 amide bonds. The Kier molecular flexibility index (Phi) is 8.20. The van der Waals surface area contributed by atoms with Crippen LogP contribution in [-0.4, -0.2) is 28.5 Å². The average molecular weight is 537 g/mol. The van der Waals surface area contributed by atoms with Gasteiger partial charge in [0.1, 0.15) is 0 Å². The van der Waals surface area contributed by atoms with E-state index in [4.69, 9.17) is 0 Å². The van der Waals surface area contributed by atoms with Crippen molar-refractivity contribution in [1.82, 2.24) is 4.90 Å². The molecule has 1 spiro atoms. The van der Waals surface area contributed by atoms with Crippen molar-refractivity contribution in [2.45, 2.75) is 76.8 Å². The maximum atomic E-state index is 14.8. The number of anilines is 1. The van der Waals surface area contributed by atoms with Gasteiger partial charge in [-0.15, -0.1) is 0 Å². The van der Waals surface area contributed by atoms with Crippen LogP contribution < -0.4 is 5.32 Å². The summed E-state index contributed by atoms with van der Waals surface area (Å²) in [4.78, 5) is 46.0. The molecule has 5 unspecified atom stereocenters. The van der Waals surface area contributed by atoms with Gasteiger partial charge in [-0.2, -0.15) is 0 Å². The Labute approximate surface area is 238 Å². The maximum absolute atomic E-state index is 14.8. The first-order chi connectivity index (χ1) is 19.5. The normalized spacial score (nSPS) is 24.1. The number of amides is 2. The van der Waals surface area contributed by atoms with E-state index >= 15 is 0 Å². The van der Waals surface area contributed by atoms with E-state index < -0.39 is 11.5 Å². The summed E-state index contributed by atoms with van der Waals surface area (Å²) >= 11 is 0. The van der Waals surface area contributed by atoms with Crippen LogP contribution in [0.2, 0.25) is 0 Å². The number of carbonyl (C=O) groups is 3. The molecular weight excluding hydrogens is 496 g/mol. The number of hydrogen-bond donors (Lipinski definition) is 1. The van der Waals surface area contributed by atoms with Crippen LogP contribution in [-0.2, 0) is 15.1 Å². The summed E-state index contributed by atoms with van der Waals surface area (Å²) in [6, 6.07) is 26.6. The highest BCUT2D eigenvalue weighted by molar-refractivity contribution is 6.14. The van der Waals surface area contributed by atoms with E-state index in [0.29, 0.717) is 24.1 Å². The highest BCUT2D eigenvalue weighted by atomic mass is 16.2. The molecule has 0 saturated carbocycles. The topological polar surface area (TPSA) is 66.5 Å². The van der Waals surface area contributed by atoms with Crippen molar-refractivity contribution < 1.29 is 14.4 Å². The lowest BCUT2D eigenvalue weighted by molar-refractivity contribution is -0.150. The summed E-state index contributed by atoms with van der Waals surface area (Å²) in [5.41, 5.74) is 1.53. The molecule has 1 fully saturated rings. The van der Waals surface area contributed by atoms with Crippen LogP contribution in [0.25, 0.3) is 0 Å². The summed E-state index contributed by atoms with van der Waals surface area (Å²) < 4.78 is 0. The van der Waals surface area contributed by atoms with Crippen LogP contribution in [0.3, 0.4) is 0 Å². The number of benzene rings is 3. The fraction of sp³-hybridized carbons (Fsp3) is 0.400. The first kappa shape index (κ1) is 27.8. The second-order valence-corrected chi connectivity index (χ2v) is 11.2. The Hall–Kier alpha value is -3.73. The van der Waals surface area contributed by atoms with Gasteiger partial charge in [-0.25, -0.2) is 0 Å². The van der Waals surface area contributed by atoms with Crippen molar-refractivity contribution in [3.05, 3.63) is 102 Å². The van der Waals surface area contributed by atoms with Crippen molar-refractivity contribution in [3.8, 4) is 0 Å².